The first kappa shape index (κ1) is 12.4. The average molecular weight is 263 g/mol. The lowest BCUT2D eigenvalue weighted by Gasteiger charge is -2.03. The number of carbonyl (C=O) groups is 1. The molecule has 0 saturated heterocycles. The summed E-state index contributed by atoms with van der Waals surface area (Å²) in [4.78, 5) is 16.5. The number of Topliss-reactive ketones (excluding diaryl/α,β-unsaturated/α-hetero) is 1. The maximum Gasteiger partial charge on any atom is 0.168 e. The number of fused-ring (bicyclic) bond motifs is 1. The van der Waals surface area contributed by atoms with Crippen LogP contribution in [0.1, 0.15) is 15.9 Å². The van der Waals surface area contributed by atoms with Gasteiger partial charge in [0.15, 0.2) is 5.78 Å². The summed E-state index contributed by atoms with van der Waals surface area (Å²) in [6.45, 7) is 0. The standard InChI is InChI=1S/C17H13NO2/c19-15-7-5-12(6-8-15)9-17(20)14-10-13-3-1-2-4-16(13)18-11-14/h1-8,10-11,19H,9H2. The van der Waals surface area contributed by atoms with Crippen LogP contribution < -0.4 is 0 Å². The fraction of sp³-hybridized carbons (Fsp3) is 0.0588. The van der Waals surface area contributed by atoms with Crippen LogP contribution in [-0.4, -0.2) is 15.9 Å². The molecule has 0 atom stereocenters. The topological polar surface area (TPSA) is 50.2 Å². The van der Waals surface area contributed by atoms with Crippen molar-refractivity contribution < 1.29 is 9.90 Å². The molecule has 3 rings (SSSR count). The maximum atomic E-state index is 12.2. The van der Waals surface area contributed by atoms with Gasteiger partial charge in [-0.15, -0.1) is 0 Å². The molecule has 0 unspecified atom stereocenters. The molecular weight excluding hydrogens is 250 g/mol. The van der Waals surface area contributed by atoms with E-state index in [2.05, 4.69) is 4.98 Å². The Morgan fingerprint density at radius 2 is 1.80 bits per heavy atom. The Kier molecular flexibility index (Phi) is 3.17. The molecule has 0 saturated carbocycles. The molecule has 0 aliphatic carbocycles. The number of aromatic hydroxyl groups is 1. The van der Waals surface area contributed by atoms with E-state index in [-0.39, 0.29) is 11.5 Å². The van der Waals surface area contributed by atoms with Crippen molar-refractivity contribution in [3.63, 3.8) is 0 Å². The third kappa shape index (κ3) is 2.52. The highest BCUT2D eigenvalue weighted by Gasteiger charge is 2.08. The van der Waals surface area contributed by atoms with Crippen LogP contribution in [0.4, 0.5) is 0 Å². The first-order chi connectivity index (χ1) is 9.72. The van der Waals surface area contributed by atoms with Gasteiger partial charge in [-0.25, -0.2) is 0 Å². The van der Waals surface area contributed by atoms with Gasteiger partial charge < -0.3 is 5.11 Å². The molecule has 0 bridgehead atoms. The fourth-order valence-electron chi connectivity index (χ4n) is 2.12. The number of benzene rings is 2. The van der Waals surface area contributed by atoms with Gasteiger partial charge in [-0.2, -0.15) is 0 Å². The highest BCUT2D eigenvalue weighted by Crippen LogP contribution is 2.16. The highest BCUT2D eigenvalue weighted by atomic mass is 16.3. The molecule has 3 aromatic rings. The molecule has 3 heteroatoms. The summed E-state index contributed by atoms with van der Waals surface area (Å²) in [6.07, 6.45) is 1.92. The van der Waals surface area contributed by atoms with Crippen molar-refractivity contribution in [2.24, 2.45) is 0 Å². The van der Waals surface area contributed by atoms with Crippen LogP contribution in [0.5, 0.6) is 5.75 Å². The zero-order valence-corrected chi connectivity index (χ0v) is 10.8. The number of phenols is 1. The summed E-state index contributed by atoms with van der Waals surface area (Å²) in [7, 11) is 0. The molecule has 3 nitrogen and oxygen atoms in total. The van der Waals surface area contributed by atoms with E-state index in [4.69, 9.17) is 0 Å². The number of ketones is 1. The zero-order chi connectivity index (χ0) is 13.9. The molecule has 98 valence electrons. The van der Waals surface area contributed by atoms with Crippen LogP contribution in [0.3, 0.4) is 0 Å². The van der Waals surface area contributed by atoms with Gasteiger partial charge in [0.05, 0.1) is 5.52 Å². The van der Waals surface area contributed by atoms with Crippen LogP contribution >= 0.6 is 0 Å². The van der Waals surface area contributed by atoms with E-state index in [1.165, 1.54) is 0 Å². The molecule has 0 fully saturated rings. The molecule has 1 N–H and O–H groups in total. The van der Waals surface area contributed by atoms with Gasteiger partial charge in [-0.1, -0.05) is 30.3 Å². The van der Waals surface area contributed by atoms with E-state index in [9.17, 15) is 9.90 Å². The van der Waals surface area contributed by atoms with Crippen molar-refractivity contribution in [1.82, 2.24) is 4.98 Å². The van der Waals surface area contributed by atoms with Crippen molar-refractivity contribution in [3.8, 4) is 5.75 Å². The Bertz CT molecular complexity index is 763. The van der Waals surface area contributed by atoms with Crippen molar-refractivity contribution >= 4 is 16.7 Å². The predicted octanol–water partition coefficient (Wildman–Crippen LogP) is 3.37. The fourth-order valence-corrected chi connectivity index (χ4v) is 2.12. The molecule has 2 aromatic carbocycles. The monoisotopic (exact) mass is 263 g/mol. The third-order valence-corrected chi connectivity index (χ3v) is 3.21. The molecule has 20 heavy (non-hydrogen) atoms. The maximum absolute atomic E-state index is 12.2. The number of phenolic OH excluding ortho intramolecular Hbond substituents is 1. The Hall–Kier alpha value is -2.68. The van der Waals surface area contributed by atoms with Gasteiger partial charge in [0.25, 0.3) is 0 Å². The van der Waals surface area contributed by atoms with Gasteiger partial charge in [0, 0.05) is 23.6 Å². The van der Waals surface area contributed by atoms with E-state index in [0.717, 1.165) is 16.5 Å². The number of nitrogens with zero attached hydrogens (tertiary/aromatic N) is 1. The van der Waals surface area contributed by atoms with Crippen LogP contribution in [0, 0.1) is 0 Å². The van der Waals surface area contributed by atoms with E-state index >= 15 is 0 Å². The summed E-state index contributed by atoms with van der Waals surface area (Å²) in [5.74, 6) is 0.225. The minimum absolute atomic E-state index is 0.0222. The number of hydrogen-bond acceptors (Lipinski definition) is 3. The summed E-state index contributed by atoms with van der Waals surface area (Å²) in [5.41, 5.74) is 2.37. The molecule has 1 aromatic heterocycles. The molecule has 0 spiro atoms. The Balaban J connectivity index is 1.86. The molecule has 0 radical (unpaired) electrons. The lowest BCUT2D eigenvalue weighted by atomic mass is 10.0. The Morgan fingerprint density at radius 3 is 2.60 bits per heavy atom. The molecule has 0 amide bonds. The number of hydrogen-bond donors (Lipinski definition) is 1. The van der Waals surface area contributed by atoms with E-state index in [0.29, 0.717) is 12.0 Å². The average Bonchev–Trinajstić information content (AvgIpc) is 2.49. The summed E-state index contributed by atoms with van der Waals surface area (Å²) < 4.78 is 0. The number of carbonyl (C=O) groups excluding carboxylic acids is 1. The Labute approximate surface area is 116 Å². The number of aromatic nitrogens is 1. The second-order valence-electron chi connectivity index (χ2n) is 4.68. The summed E-state index contributed by atoms with van der Waals surface area (Å²) in [6, 6.07) is 16.3. The number of pyridine rings is 1. The normalized spacial score (nSPS) is 10.6. The van der Waals surface area contributed by atoms with Gasteiger partial charge >= 0.3 is 0 Å². The Morgan fingerprint density at radius 1 is 1.05 bits per heavy atom. The van der Waals surface area contributed by atoms with Crippen LogP contribution in [-0.2, 0) is 6.42 Å². The lowest BCUT2D eigenvalue weighted by Crippen LogP contribution is -2.04. The van der Waals surface area contributed by atoms with Gasteiger partial charge in [-0.05, 0) is 29.8 Å². The van der Waals surface area contributed by atoms with Gasteiger partial charge in [0.2, 0.25) is 0 Å². The third-order valence-electron chi connectivity index (χ3n) is 3.21. The molecule has 1 heterocycles. The number of para-hydroxylation sites is 1. The molecular formula is C17H13NO2. The summed E-state index contributed by atoms with van der Waals surface area (Å²) >= 11 is 0. The molecule has 0 aliphatic rings. The number of rotatable bonds is 3. The van der Waals surface area contributed by atoms with Crippen molar-refractivity contribution in [2.45, 2.75) is 6.42 Å². The van der Waals surface area contributed by atoms with E-state index in [1.807, 2.05) is 30.3 Å². The highest BCUT2D eigenvalue weighted by molar-refractivity contribution is 5.99. The van der Waals surface area contributed by atoms with Crippen molar-refractivity contribution in [3.05, 3.63) is 71.9 Å². The second kappa shape index (κ2) is 5.13. The smallest absolute Gasteiger partial charge is 0.168 e. The van der Waals surface area contributed by atoms with Crippen LogP contribution in [0.25, 0.3) is 10.9 Å². The minimum Gasteiger partial charge on any atom is -0.508 e. The van der Waals surface area contributed by atoms with Gasteiger partial charge in [0.1, 0.15) is 5.75 Å². The first-order valence-corrected chi connectivity index (χ1v) is 6.38. The minimum atomic E-state index is 0.0222. The van der Waals surface area contributed by atoms with Crippen LogP contribution in [0.15, 0.2) is 60.8 Å². The quantitative estimate of drug-likeness (QED) is 0.737. The van der Waals surface area contributed by atoms with Crippen molar-refractivity contribution in [1.29, 1.82) is 0 Å². The van der Waals surface area contributed by atoms with E-state index in [1.54, 1.807) is 30.5 Å². The molecule has 0 aliphatic heterocycles. The van der Waals surface area contributed by atoms with E-state index < -0.39 is 0 Å². The predicted molar refractivity (Wildman–Crippen MR) is 77.9 cm³/mol. The largest absolute Gasteiger partial charge is 0.508 e. The van der Waals surface area contributed by atoms with Gasteiger partial charge in [-0.3, -0.25) is 9.78 Å². The second-order valence-corrected chi connectivity index (χ2v) is 4.68. The van der Waals surface area contributed by atoms with Crippen LogP contribution in [0.2, 0.25) is 0 Å². The summed E-state index contributed by atoms with van der Waals surface area (Å²) in [5, 5.41) is 10.2. The SMILES string of the molecule is O=C(Cc1ccc(O)cc1)c1cnc2ccccc2c1. The first-order valence-electron chi connectivity index (χ1n) is 6.38. The van der Waals surface area contributed by atoms with Crippen molar-refractivity contribution in [2.75, 3.05) is 0 Å². The zero-order valence-electron chi connectivity index (χ0n) is 10.8. The lowest BCUT2D eigenvalue weighted by molar-refractivity contribution is 0.0992.